The number of carbonyl (C=O) groups excluding carboxylic acids is 1. The van der Waals surface area contributed by atoms with Gasteiger partial charge in [0.1, 0.15) is 16.9 Å². The first-order chi connectivity index (χ1) is 11.5. The second-order valence-electron chi connectivity index (χ2n) is 5.81. The Morgan fingerprint density at radius 3 is 2.96 bits per heavy atom. The highest BCUT2D eigenvalue weighted by Gasteiger charge is 2.53. The standard InChI is InChI=1S/C15H20N4O3S2/c1-4-22-14(21)15(6-23-5-10(15)20)19-8-18-11-12(19)16-7-17-13(11)24-9(2)3/h7-10,20H,4-6H2,1-3H3. The summed E-state index contributed by atoms with van der Waals surface area (Å²) in [7, 11) is 0. The van der Waals surface area contributed by atoms with Crippen molar-refractivity contribution < 1.29 is 14.6 Å². The van der Waals surface area contributed by atoms with Crippen LogP contribution in [0.3, 0.4) is 0 Å². The minimum atomic E-state index is -1.19. The number of imidazole rings is 1. The Kier molecular flexibility index (Phi) is 5.03. The second-order valence-corrected chi connectivity index (χ2v) is 8.40. The van der Waals surface area contributed by atoms with Crippen molar-refractivity contribution in [2.75, 3.05) is 18.1 Å². The molecule has 0 bridgehead atoms. The molecule has 0 radical (unpaired) electrons. The molecule has 0 saturated carbocycles. The van der Waals surface area contributed by atoms with Crippen LogP contribution >= 0.6 is 23.5 Å². The number of thioether (sulfide) groups is 2. The van der Waals surface area contributed by atoms with E-state index in [1.54, 1.807) is 29.6 Å². The van der Waals surface area contributed by atoms with Gasteiger partial charge in [-0.05, 0) is 6.92 Å². The number of carbonyl (C=O) groups is 1. The molecular weight excluding hydrogens is 348 g/mol. The van der Waals surface area contributed by atoms with Gasteiger partial charge < -0.3 is 9.84 Å². The lowest BCUT2D eigenvalue weighted by atomic mass is 9.95. The highest BCUT2D eigenvalue weighted by atomic mass is 32.2. The SMILES string of the molecule is CCOC(=O)C1(n2cnc3c(SC(C)C)ncnc32)CSCC1O. The number of hydrogen-bond acceptors (Lipinski definition) is 8. The van der Waals surface area contributed by atoms with Gasteiger partial charge in [-0.25, -0.2) is 19.7 Å². The molecule has 1 saturated heterocycles. The van der Waals surface area contributed by atoms with Crippen LogP contribution in [-0.2, 0) is 15.1 Å². The van der Waals surface area contributed by atoms with Crippen molar-refractivity contribution in [3.05, 3.63) is 12.7 Å². The minimum absolute atomic E-state index is 0.258. The zero-order valence-corrected chi connectivity index (χ0v) is 15.4. The summed E-state index contributed by atoms with van der Waals surface area (Å²) in [6, 6.07) is 0. The molecule has 1 aliphatic rings. The Bertz CT molecular complexity index is 751. The Morgan fingerprint density at radius 1 is 1.54 bits per heavy atom. The summed E-state index contributed by atoms with van der Waals surface area (Å²) in [5.74, 6) is 0.449. The fraction of sp³-hybridized carbons (Fsp3) is 0.600. The largest absolute Gasteiger partial charge is 0.464 e. The van der Waals surface area contributed by atoms with E-state index >= 15 is 0 Å². The average molecular weight is 368 g/mol. The molecule has 0 aromatic carbocycles. The number of hydrogen-bond donors (Lipinski definition) is 1. The molecule has 2 atom stereocenters. The molecule has 1 N–H and O–H groups in total. The molecule has 1 aliphatic heterocycles. The first-order valence-corrected chi connectivity index (χ1v) is 9.82. The van der Waals surface area contributed by atoms with Gasteiger partial charge in [-0.3, -0.25) is 4.57 Å². The van der Waals surface area contributed by atoms with E-state index < -0.39 is 17.6 Å². The van der Waals surface area contributed by atoms with Crippen molar-refractivity contribution in [1.29, 1.82) is 0 Å². The number of aliphatic hydroxyl groups excluding tert-OH is 1. The first kappa shape index (κ1) is 17.5. The number of ether oxygens (including phenoxy) is 1. The van der Waals surface area contributed by atoms with Crippen molar-refractivity contribution in [2.45, 2.75) is 42.7 Å². The zero-order valence-electron chi connectivity index (χ0n) is 13.8. The molecule has 1 fully saturated rings. The molecule has 0 amide bonds. The number of aliphatic hydroxyl groups is 1. The highest BCUT2D eigenvalue weighted by molar-refractivity contribution is 8.00. The molecule has 2 unspecified atom stereocenters. The summed E-state index contributed by atoms with van der Waals surface area (Å²) < 4.78 is 6.92. The third-order valence-corrected chi connectivity index (χ3v) is 6.04. The molecule has 130 valence electrons. The molecule has 2 aromatic rings. The van der Waals surface area contributed by atoms with E-state index in [9.17, 15) is 9.90 Å². The molecular formula is C15H20N4O3S2. The highest BCUT2D eigenvalue weighted by Crippen LogP contribution is 2.39. The molecule has 24 heavy (non-hydrogen) atoms. The third-order valence-electron chi connectivity index (χ3n) is 3.86. The molecule has 2 aromatic heterocycles. The van der Waals surface area contributed by atoms with Crippen molar-refractivity contribution in [3.63, 3.8) is 0 Å². The molecule has 9 heteroatoms. The summed E-state index contributed by atoms with van der Waals surface area (Å²) in [6.45, 7) is 6.17. The molecule has 7 nitrogen and oxygen atoms in total. The fourth-order valence-corrected chi connectivity index (χ4v) is 4.94. The van der Waals surface area contributed by atoms with Gasteiger partial charge in [0, 0.05) is 16.8 Å². The lowest BCUT2D eigenvalue weighted by Crippen LogP contribution is -2.51. The van der Waals surface area contributed by atoms with Crippen LogP contribution in [-0.4, -0.2) is 60.1 Å². The molecule has 3 rings (SSSR count). The van der Waals surface area contributed by atoms with E-state index in [4.69, 9.17) is 4.74 Å². The minimum Gasteiger partial charge on any atom is -0.464 e. The van der Waals surface area contributed by atoms with Crippen molar-refractivity contribution >= 4 is 40.7 Å². The van der Waals surface area contributed by atoms with Gasteiger partial charge in [0.25, 0.3) is 0 Å². The van der Waals surface area contributed by atoms with Crippen molar-refractivity contribution in [1.82, 2.24) is 19.5 Å². The van der Waals surface area contributed by atoms with E-state index in [0.717, 1.165) is 5.03 Å². The topological polar surface area (TPSA) is 90.1 Å². The van der Waals surface area contributed by atoms with Gasteiger partial charge >= 0.3 is 5.97 Å². The zero-order chi connectivity index (χ0) is 17.3. The van der Waals surface area contributed by atoms with Crippen LogP contribution in [0.2, 0.25) is 0 Å². The molecule has 0 aliphatic carbocycles. The predicted molar refractivity (Wildman–Crippen MR) is 94.3 cm³/mol. The van der Waals surface area contributed by atoms with Crippen LogP contribution in [0.4, 0.5) is 0 Å². The van der Waals surface area contributed by atoms with Crippen molar-refractivity contribution in [2.24, 2.45) is 0 Å². The van der Waals surface area contributed by atoms with Gasteiger partial charge in [-0.1, -0.05) is 13.8 Å². The van der Waals surface area contributed by atoms with E-state index in [1.165, 1.54) is 18.1 Å². The van der Waals surface area contributed by atoms with Gasteiger partial charge in [-0.15, -0.1) is 11.8 Å². The first-order valence-electron chi connectivity index (χ1n) is 7.79. The van der Waals surface area contributed by atoms with Gasteiger partial charge in [-0.2, -0.15) is 11.8 Å². The summed E-state index contributed by atoms with van der Waals surface area (Å²) in [5.41, 5.74) is -0.00414. The Labute approximate surface area is 148 Å². The maximum atomic E-state index is 12.7. The van der Waals surface area contributed by atoms with Crippen LogP contribution in [0, 0.1) is 0 Å². The maximum Gasteiger partial charge on any atom is 0.336 e. The maximum absolute atomic E-state index is 12.7. The quantitative estimate of drug-likeness (QED) is 0.484. The van der Waals surface area contributed by atoms with E-state index in [2.05, 4.69) is 28.8 Å². The van der Waals surface area contributed by atoms with Crippen LogP contribution in [0.25, 0.3) is 11.2 Å². The van der Waals surface area contributed by atoms with E-state index in [-0.39, 0.29) is 6.61 Å². The number of rotatable bonds is 5. The number of nitrogens with zero attached hydrogens (tertiary/aromatic N) is 4. The van der Waals surface area contributed by atoms with Gasteiger partial charge in [0.05, 0.1) is 19.0 Å². The summed E-state index contributed by atoms with van der Waals surface area (Å²) in [6.07, 6.45) is 2.18. The summed E-state index contributed by atoms with van der Waals surface area (Å²) >= 11 is 3.11. The van der Waals surface area contributed by atoms with Crippen LogP contribution < -0.4 is 0 Å². The van der Waals surface area contributed by atoms with Gasteiger partial charge in [0.2, 0.25) is 0 Å². The monoisotopic (exact) mass is 368 g/mol. The molecule has 3 heterocycles. The van der Waals surface area contributed by atoms with Crippen LogP contribution in [0.5, 0.6) is 0 Å². The Morgan fingerprint density at radius 2 is 2.33 bits per heavy atom. The Balaban J connectivity index is 2.14. The number of aromatic nitrogens is 4. The fourth-order valence-electron chi connectivity index (χ4n) is 2.75. The van der Waals surface area contributed by atoms with E-state index in [1.807, 2.05) is 0 Å². The van der Waals surface area contributed by atoms with Crippen LogP contribution in [0.1, 0.15) is 20.8 Å². The third kappa shape index (κ3) is 2.78. The summed E-state index contributed by atoms with van der Waals surface area (Å²) in [5, 5.41) is 11.7. The lowest BCUT2D eigenvalue weighted by molar-refractivity contribution is -0.157. The smallest absolute Gasteiger partial charge is 0.336 e. The number of fused-ring (bicyclic) bond motifs is 1. The average Bonchev–Trinajstić information content (AvgIpc) is 3.12. The predicted octanol–water partition coefficient (Wildman–Crippen LogP) is 1.69. The van der Waals surface area contributed by atoms with Crippen LogP contribution in [0.15, 0.2) is 17.7 Å². The normalized spacial score (nSPS) is 24.0. The lowest BCUT2D eigenvalue weighted by Gasteiger charge is -2.30. The van der Waals surface area contributed by atoms with E-state index in [0.29, 0.717) is 27.9 Å². The van der Waals surface area contributed by atoms with Gasteiger partial charge in [0.15, 0.2) is 11.2 Å². The molecule has 0 spiro atoms. The van der Waals surface area contributed by atoms with Crippen molar-refractivity contribution in [3.8, 4) is 0 Å². The number of esters is 1. The second kappa shape index (κ2) is 6.89. The summed E-state index contributed by atoms with van der Waals surface area (Å²) in [4.78, 5) is 25.7. The Hall–Kier alpha value is -1.32.